The summed E-state index contributed by atoms with van der Waals surface area (Å²) < 4.78 is 41.5. The highest BCUT2D eigenvalue weighted by Crippen LogP contribution is 2.16. The van der Waals surface area contributed by atoms with Gasteiger partial charge in [-0.3, -0.25) is 4.90 Å². The summed E-state index contributed by atoms with van der Waals surface area (Å²) in [5.74, 6) is 0.390. The maximum atomic E-state index is 12.1. The van der Waals surface area contributed by atoms with Crippen molar-refractivity contribution in [2.45, 2.75) is 12.3 Å². The third-order valence-electron chi connectivity index (χ3n) is 2.38. The second-order valence-electron chi connectivity index (χ2n) is 4.42. The van der Waals surface area contributed by atoms with Crippen LogP contribution >= 0.6 is 0 Å². The summed E-state index contributed by atoms with van der Waals surface area (Å²) in [5, 5.41) is 18.3. The van der Waals surface area contributed by atoms with E-state index in [1.807, 2.05) is 6.07 Å². The van der Waals surface area contributed by atoms with Crippen LogP contribution < -0.4 is 4.74 Å². The van der Waals surface area contributed by atoms with Crippen molar-refractivity contribution in [3.05, 3.63) is 29.8 Å². The highest BCUT2D eigenvalue weighted by molar-refractivity contribution is 5.36. The Hall–Kier alpha value is -1.78. The number of nitrogens with zero attached hydrogens (tertiary/aromatic N) is 2. The van der Waals surface area contributed by atoms with Crippen molar-refractivity contribution in [1.29, 1.82) is 5.26 Å². The van der Waals surface area contributed by atoms with Gasteiger partial charge in [-0.1, -0.05) is 6.07 Å². The zero-order chi connectivity index (χ0) is 15.2. The first-order chi connectivity index (χ1) is 9.30. The van der Waals surface area contributed by atoms with Gasteiger partial charge in [0, 0.05) is 6.54 Å². The van der Waals surface area contributed by atoms with Gasteiger partial charge in [0.2, 0.25) is 0 Å². The monoisotopic (exact) mass is 288 g/mol. The normalized spacial score (nSPS) is 13.1. The van der Waals surface area contributed by atoms with Gasteiger partial charge in [-0.05, 0) is 25.2 Å². The Morgan fingerprint density at radius 2 is 2.15 bits per heavy atom. The van der Waals surface area contributed by atoms with Gasteiger partial charge in [0.05, 0.1) is 18.2 Å². The summed E-state index contributed by atoms with van der Waals surface area (Å²) in [5.41, 5.74) is 0.408. The van der Waals surface area contributed by atoms with E-state index in [1.54, 1.807) is 18.2 Å². The standard InChI is InChI=1S/C13H15F3N2O2/c1-18(9-13(14,15)16)7-11(19)8-20-12-4-2-3-10(5-12)6-17/h2-5,11,19H,7-9H2,1H3. The molecular weight excluding hydrogens is 273 g/mol. The number of benzene rings is 1. The minimum absolute atomic E-state index is 0.142. The summed E-state index contributed by atoms with van der Waals surface area (Å²) in [4.78, 5) is 0.972. The van der Waals surface area contributed by atoms with Gasteiger partial charge in [-0.25, -0.2) is 0 Å². The van der Waals surface area contributed by atoms with Crippen LogP contribution in [0.25, 0.3) is 0 Å². The summed E-state index contributed by atoms with van der Waals surface area (Å²) in [7, 11) is 1.27. The molecule has 0 spiro atoms. The van der Waals surface area contributed by atoms with E-state index < -0.39 is 18.8 Å². The number of halogens is 3. The number of nitriles is 1. The number of aliphatic hydroxyl groups is 1. The first-order valence-electron chi connectivity index (χ1n) is 5.86. The molecule has 0 aromatic heterocycles. The lowest BCUT2D eigenvalue weighted by molar-refractivity contribution is -0.145. The smallest absolute Gasteiger partial charge is 0.401 e. The van der Waals surface area contributed by atoms with E-state index in [4.69, 9.17) is 10.00 Å². The Morgan fingerprint density at radius 3 is 2.75 bits per heavy atom. The molecule has 0 radical (unpaired) electrons. The molecule has 0 saturated heterocycles. The number of hydrogen-bond donors (Lipinski definition) is 1. The molecule has 1 aromatic carbocycles. The molecule has 0 aliphatic carbocycles. The van der Waals surface area contributed by atoms with Crippen LogP contribution in [0.15, 0.2) is 24.3 Å². The number of ether oxygens (including phenoxy) is 1. The lowest BCUT2D eigenvalue weighted by atomic mass is 10.2. The molecule has 0 heterocycles. The molecule has 1 atom stereocenters. The van der Waals surface area contributed by atoms with Crippen molar-refractivity contribution >= 4 is 0 Å². The van der Waals surface area contributed by atoms with E-state index in [9.17, 15) is 18.3 Å². The van der Waals surface area contributed by atoms with E-state index in [0.29, 0.717) is 11.3 Å². The summed E-state index contributed by atoms with van der Waals surface area (Å²) >= 11 is 0. The number of rotatable bonds is 6. The molecule has 0 saturated carbocycles. The average molecular weight is 288 g/mol. The molecule has 0 bridgehead atoms. The van der Waals surface area contributed by atoms with Gasteiger partial charge < -0.3 is 9.84 Å². The Morgan fingerprint density at radius 1 is 1.45 bits per heavy atom. The Labute approximate surface area is 115 Å². The van der Waals surface area contributed by atoms with E-state index in [1.165, 1.54) is 13.1 Å². The van der Waals surface area contributed by atoms with Gasteiger partial charge >= 0.3 is 6.18 Å². The molecule has 20 heavy (non-hydrogen) atoms. The second-order valence-corrected chi connectivity index (χ2v) is 4.42. The minimum atomic E-state index is -4.30. The van der Waals surface area contributed by atoms with Crippen molar-refractivity contribution in [1.82, 2.24) is 4.90 Å². The Kier molecular flexibility index (Phi) is 5.80. The minimum Gasteiger partial charge on any atom is -0.491 e. The lowest BCUT2D eigenvalue weighted by Crippen LogP contribution is -2.38. The van der Waals surface area contributed by atoms with Crippen LogP contribution in [0.4, 0.5) is 13.2 Å². The fraction of sp³-hybridized carbons (Fsp3) is 0.462. The molecule has 1 aromatic rings. The summed E-state index contributed by atoms with van der Waals surface area (Å²) in [6, 6.07) is 8.25. The van der Waals surface area contributed by atoms with Gasteiger partial charge in [-0.2, -0.15) is 18.4 Å². The highest BCUT2D eigenvalue weighted by atomic mass is 19.4. The first-order valence-corrected chi connectivity index (χ1v) is 5.86. The molecule has 0 aliphatic rings. The third-order valence-corrected chi connectivity index (χ3v) is 2.38. The number of hydrogen-bond acceptors (Lipinski definition) is 4. The van der Waals surface area contributed by atoms with Crippen LogP contribution in [0.5, 0.6) is 5.75 Å². The molecule has 1 unspecified atom stereocenters. The molecule has 0 aliphatic heterocycles. The van der Waals surface area contributed by atoms with Gasteiger partial charge in [0.15, 0.2) is 0 Å². The van der Waals surface area contributed by atoms with E-state index in [0.717, 1.165) is 4.90 Å². The Balaban J connectivity index is 2.39. The van der Waals surface area contributed by atoms with Crippen LogP contribution in [-0.4, -0.2) is 49.0 Å². The fourth-order valence-corrected chi connectivity index (χ4v) is 1.63. The zero-order valence-electron chi connectivity index (χ0n) is 10.9. The molecule has 0 amide bonds. The van der Waals surface area contributed by atoms with Crippen LogP contribution in [0.1, 0.15) is 5.56 Å². The van der Waals surface area contributed by atoms with Crippen molar-refractivity contribution in [3.8, 4) is 11.8 Å². The topological polar surface area (TPSA) is 56.5 Å². The van der Waals surface area contributed by atoms with Crippen molar-refractivity contribution in [3.63, 3.8) is 0 Å². The van der Waals surface area contributed by atoms with Crippen LogP contribution in [0.3, 0.4) is 0 Å². The predicted molar refractivity (Wildman–Crippen MR) is 66.2 cm³/mol. The van der Waals surface area contributed by atoms with Crippen LogP contribution in [0, 0.1) is 11.3 Å². The van der Waals surface area contributed by atoms with Gasteiger partial charge in [0.25, 0.3) is 0 Å². The van der Waals surface area contributed by atoms with E-state index in [2.05, 4.69) is 0 Å². The third kappa shape index (κ3) is 6.41. The predicted octanol–water partition coefficient (Wildman–Crippen LogP) is 1.79. The molecule has 0 fully saturated rings. The van der Waals surface area contributed by atoms with Crippen molar-refractivity contribution in [2.24, 2.45) is 0 Å². The van der Waals surface area contributed by atoms with Gasteiger partial charge in [-0.15, -0.1) is 0 Å². The number of aliphatic hydroxyl groups excluding tert-OH is 1. The molecule has 7 heteroatoms. The molecule has 1 rings (SSSR count). The van der Waals surface area contributed by atoms with Crippen molar-refractivity contribution in [2.75, 3.05) is 26.7 Å². The SMILES string of the molecule is CN(CC(O)COc1cccc(C#N)c1)CC(F)(F)F. The Bertz CT molecular complexity index is 471. The molecule has 4 nitrogen and oxygen atoms in total. The van der Waals surface area contributed by atoms with Crippen LogP contribution in [-0.2, 0) is 0 Å². The maximum absolute atomic E-state index is 12.1. The summed E-state index contributed by atoms with van der Waals surface area (Å²) in [6.07, 6.45) is -5.34. The van der Waals surface area contributed by atoms with Crippen molar-refractivity contribution < 1.29 is 23.0 Å². The zero-order valence-corrected chi connectivity index (χ0v) is 10.9. The maximum Gasteiger partial charge on any atom is 0.401 e. The van der Waals surface area contributed by atoms with Gasteiger partial charge in [0.1, 0.15) is 18.5 Å². The molecule has 1 N–H and O–H groups in total. The number of likely N-dealkylation sites (N-methyl/N-ethyl adjacent to an activating group) is 1. The quantitative estimate of drug-likeness (QED) is 0.867. The largest absolute Gasteiger partial charge is 0.491 e. The molecule has 110 valence electrons. The van der Waals surface area contributed by atoms with E-state index >= 15 is 0 Å². The fourth-order valence-electron chi connectivity index (χ4n) is 1.63. The van der Waals surface area contributed by atoms with Crippen LogP contribution in [0.2, 0.25) is 0 Å². The molecular formula is C13H15F3N2O2. The lowest BCUT2D eigenvalue weighted by Gasteiger charge is -2.21. The highest BCUT2D eigenvalue weighted by Gasteiger charge is 2.29. The second kappa shape index (κ2) is 7.12. The van der Waals surface area contributed by atoms with E-state index in [-0.39, 0.29) is 13.2 Å². The average Bonchev–Trinajstić information content (AvgIpc) is 2.34. The number of alkyl halides is 3. The first kappa shape index (κ1) is 16.3. The summed E-state index contributed by atoms with van der Waals surface area (Å²) in [6.45, 7) is -1.39.